The molecule has 3 aromatic rings. The molecule has 0 saturated heterocycles. The third kappa shape index (κ3) is 4.53. The number of methoxy groups -OCH3 is 2. The molecule has 0 bridgehead atoms. The predicted molar refractivity (Wildman–Crippen MR) is 104 cm³/mol. The number of anilines is 3. The molecule has 28 heavy (non-hydrogen) atoms. The molecule has 0 aliphatic carbocycles. The molecule has 0 atom stereocenters. The quantitative estimate of drug-likeness (QED) is 0.680. The van der Waals surface area contributed by atoms with Gasteiger partial charge in [-0.2, -0.15) is 5.26 Å². The third-order valence-electron chi connectivity index (χ3n) is 3.81. The minimum Gasteiger partial charge on any atom is -0.497 e. The van der Waals surface area contributed by atoms with E-state index in [1.807, 2.05) is 0 Å². The van der Waals surface area contributed by atoms with Crippen LogP contribution in [0.1, 0.15) is 15.9 Å². The van der Waals surface area contributed by atoms with E-state index < -0.39 is 0 Å². The number of nitrogens with one attached hydrogen (secondary N) is 2. The van der Waals surface area contributed by atoms with E-state index in [1.165, 1.54) is 14.2 Å². The van der Waals surface area contributed by atoms with Gasteiger partial charge in [-0.15, -0.1) is 10.2 Å². The first-order chi connectivity index (χ1) is 13.6. The zero-order valence-electron chi connectivity index (χ0n) is 15.3. The van der Waals surface area contributed by atoms with Crippen LogP contribution in [0.25, 0.3) is 0 Å². The summed E-state index contributed by atoms with van der Waals surface area (Å²) >= 11 is 0. The Hall–Kier alpha value is -4.12. The first-order valence-electron chi connectivity index (χ1n) is 8.26. The summed E-state index contributed by atoms with van der Waals surface area (Å²) in [5, 5.41) is 22.6. The maximum atomic E-state index is 12.5. The van der Waals surface area contributed by atoms with Crippen LogP contribution in [0.4, 0.5) is 17.3 Å². The maximum Gasteiger partial charge on any atom is 0.257 e. The first-order valence-corrected chi connectivity index (χ1v) is 8.26. The van der Waals surface area contributed by atoms with E-state index in [2.05, 4.69) is 26.9 Å². The lowest BCUT2D eigenvalue weighted by Crippen LogP contribution is -2.14. The molecule has 0 fully saturated rings. The van der Waals surface area contributed by atoms with Crippen LogP contribution < -0.4 is 20.1 Å². The molecule has 8 heteroatoms. The number of aromatic nitrogens is 2. The lowest BCUT2D eigenvalue weighted by molar-refractivity contribution is 0.102. The van der Waals surface area contributed by atoms with E-state index in [0.29, 0.717) is 34.3 Å². The van der Waals surface area contributed by atoms with Gasteiger partial charge in [0, 0.05) is 17.3 Å². The van der Waals surface area contributed by atoms with Crippen molar-refractivity contribution in [2.75, 3.05) is 24.9 Å². The Morgan fingerprint density at radius 2 is 1.54 bits per heavy atom. The lowest BCUT2D eigenvalue weighted by atomic mass is 10.2. The van der Waals surface area contributed by atoms with Gasteiger partial charge in [0.15, 0.2) is 11.6 Å². The van der Waals surface area contributed by atoms with E-state index in [0.717, 1.165) is 5.69 Å². The van der Waals surface area contributed by atoms with E-state index in [4.69, 9.17) is 14.7 Å². The van der Waals surface area contributed by atoms with Crippen molar-refractivity contribution in [3.63, 3.8) is 0 Å². The van der Waals surface area contributed by atoms with Crippen molar-refractivity contribution < 1.29 is 14.3 Å². The molecule has 3 rings (SSSR count). The molecule has 0 unspecified atom stereocenters. The fourth-order valence-corrected chi connectivity index (χ4v) is 2.37. The van der Waals surface area contributed by atoms with E-state index >= 15 is 0 Å². The molecule has 0 radical (unpaired) electrons. The van der Waals surface area contributed by atoms with Crippen molar-refractivity contribution in [2.24, 2.45) is 0 Å². The first kappa shape index (κ1) is 18.7. The fourth-order valence-electron chi connectivity index (χ4n) is 2.37. The van der Waals surface area contributed by atoms with Crippen LogP contribution in [0.5, 0.6) is 11.5 Å². The Kier molecular flexibility index (Phi) is 5.67. The second-order valence-electron chi connectivity index (χ2n) is 5.67. The Morgan fingerprint density at radius 1 is 0.929 bits per heavy atom. The highest BCUT2D eigenvalue weighted by Gasteiger charge is 2.11. The summed E-state index contributed by atoms with van der Waals surface area (Å²) < 4.78 is 10.3. The Labute approximate surface area is 161 Å². The molecule has 0 spiro atoms. The van der Waals surface area contributed by atoms with Gasteiger partial charge < -0.3 is 20.1 Å². The molecular weight excluding hydrogens is 358 g/mol. The van der Waals surface area contributed by atoms with Gasteiger partial charge >= 0.3 is 0 Å². The molecule has 0 aliphatic rings. The Bertz CT molecular complexity index is 989. The summed E-state index contributed by atoms with van der Waals surface area (Å²) in [6, 6.07) is 17.2. The Morgan fingerprint density at radius 3 is 2.07 bits per heavy atom. The minimum absolute atomic E-state index is 0.303. The van der Waals surface area contributed by atoms with Gasteiger partial charge in [0.25, 0.3) is 5.91 Å². The number of rotatable bonds is 6. The second kappa shape index (κ2) is 8.51. The highest BCUT2D eigenvalue weighted by atomic mass is 16.5. The molecule has 2 N–H and O–H groups in total. The van der Waals surface area contributed by atoms with E-state index in [9.17, 15) is 4.79 Å². The summed E-state index contributed by atoms with van der Waals surface area (Å²) in [5.41, 5.74) is 1.72. The van der Waals surface area contributed by atoms with Crippen molar-refractivity contribution in [3.8, 4) is 17.6 Å². The van der Waals surface area contributed by atoms with Gasteiger partial charge in [-0.05, 0) is 48.5 Å². The van der Waals surface area contributed by atoms with Crippen molar-refractivity contribution >= 4 is 23.2 Å². The number of ether oxygens (including phenoxy) is 2. The minimum atomic E-state index is -0.362. The topological polar surface area (TPSA) is 109 Å². The number of nitrogens with zero attached hydrogens (tertiary/aromatic N) is 3. The van der Waals surface area contributed by atoms with Gasteiger partial charge in [-0.25, -0.2) is 0 Å². The van der Waals surface area contributed by atoms with Crippen LogP contribution in [0.2, 0.25) is 0 Å². The number of hydrogen-bond acceptors (Lipinski definition) is 7. The van der Waals surface area contributed by atoms with Crippen molar-refractivity contribution in [1.82, 2.24) is 10.2 Å². The average Bonchev–Trinajstić information content (AvgIpc) is 2.75. The molecular formula is C20H17N5O3. The standard InChI is InChI=1S/C20H17N5O3/c1-27-16-9-14(10-17(11-16)28-2)20(26)23-19-8-7-18(24-25-19)22-15-5-3-13(12-21)4-6-15/h3-11H,1-2H3,(H,22,24)(H,23,25,26). The highest BCUT2D eigenvalue weighted by Crippen LogP contribution is 2.23. The number of benzene rings is 2. The van der Waals surface area contributed by atoms with Crippen molar-refractivity contribution in [1.29, 1.82) is 5.26 Å². The average molecular weight is 375 g/mol. The van der Waals surface area contributed by atoms with Crippen LogP contribution >= 0.6 is 0 Å². The number of carbonyl (C=O) groups excluding carboxylic acids is 1. The molecule has 1 aromatic heterocycles. The normalized spacial score (nSPS) is 9.89. The second-order valence-corrected chi connectivity index (χ2v) is 5.67. The number of hydrogen-bond donors (Lipinski definition) is 2. The third-order valence-corrected chi connectivity index (χ3v) is 3.81. The monoisotopic (exact) mass is 375 g/mol. The molecule has 2 aromatic carbocycles. The summed E-state index contributed by atoms with van der Waals surface area (Å²) in [5.74, 6) is 1.47. The van der Waals surface area contributed by atoms with Crippen LogP contribution in [0.15, 0.2) is 54.6 Å². The highest BCUT2D eigenvalue weighted by molar-refractivity contribution is 6.04. The lowest BCUT2D eigenvalue weighted by Gasteiger charge is -2.09. The van der Waals surface area contributed by atoms with E-state index in [-0.39, 0.29) is 5.91 Å². The van der Waals surface area contributed by atoms with Gasteiger partial charge in [-0.1, -0.05) is 0 Å². The number of nitriles is 1. The van der Waals surface area contributed by atoms with Crippen LogP contribution in [0, 0.1) is 11.3 Å². The molecule has 140 valence electrons. The van der Waals surface area contributed by atoms with Crippen molar-refractivity contribution in [3.05, 3.63) is 65.7 Å². The van der Waals surface area contributed by atoms with Crippen LogP contribution in [-0.2, 0) is 0 Å². The van der Waals surface area contributed by atoms with Gasteiger partial charge in [0.05, 0.1) is 25.9 Å². The summed E-state index contributed by atoms with van der Waals surface area (Å²) in [4.78, 5) is 12.5. The van der Waals surface area contributed by atoms with Crippen LogP contribution in [0.3, 0.4) is 0 Å². The van der Waals surface area contributed by atoms with Gasteiger partial charge in [0.1, 0.15) is 11.5 Å². The molecule has 0 saturated carbocycles. The largest absolute Gasteiger partial charge is 0.497 e. The maximum absolute atomic E-state index is 12.5. The number of amides is 1. The SMILES string of the molecule is COc1cc(OC)cc(C(=O)Nc2ccc(Nc3ccc(C#N)cc3)nn2)c1. The zero-order chi connectivity index (χ0) is 19.9. The molecule has 1 amide bonds. The smallest absolute Gasteiger partial charge is 0.257 e. The van der Waals surface area contributed by atoms with Crippen molar-refractivity contribution in [2.45, 2.75) is 0 Å². The van der Waals surface area contributed by atoms with Gasteiger partial charge in [0.2, 0.25) is 0 Å². The zero-order valence-corrected chi connectivity index (χ0v) is 15.3. The number of carbonyl (C=O) groups is 1. The summed E-state index contributed by atoms with van der Waals surface area (Å²) in [6.07, 6.45) is 0. The summed E-state index contributed by atoms with van der Waals surface area (Å²) in [6.45, 7) is 0. The predicted octanol–water partition coefficient (Wildman–Crippen LogP) is 3.36. The molecule has 8 nitrogen and oxygen atoms in total. The molecule has 1 heterocycles. The van der Waals surface area contributed by atoms with Crippen LogP contribution in [-0.4, -0.2) is 30.3 Å². The Balaban J connectivity index is 1.68. The summed E-state index contributed by atoms with van der Waals surface area (Å²) in [7, 11) is 3.03. The van der Waals surface area contributed by atoms with E-state index in [1.54, 1.807) is 54.6 Å². The molecule has 0 aliphatic heterocycles. The fraction of sp³-hybridized carbons (Fsp3) is 0.100. The van der Waals surface area contributed by atoms with Gasteiger partial charge in [-0.3, -0.25) is 4.79 Å².